The van der Waals surface area contributed by atoms with Crippen LogP contribution in [-0.2, 0) is 10.1 Å². The van der Waals surface area contributed by atoms with Gasteiger partial charge in [0.25, 0.3) is 0 Å². The number of phenolic OH excluding ortho intramolecular Hbond substituents is 2. The molecule has 0 atom stereocenters. The van der Waals surface area contributed by atoms with Crippen LogP contribution in [0.4, 0.5) is 0 Å². The van der Waals surface area contributed by atoms with Gasteiger partial charge in [-0.05, 0) is 74.2 Å². The molecule has 0 heterocycles. The second kappa shape index (κ2) is 5.53. The summed E-state index contributed by atoms with van der Waals surface area (Å²) in [6, 6.07) is 5.63. The van der Waals surface area contributed by atoms with E-state index in [-0.39, 0.29) is 22.1 Å². The van der Waals surface area contributed by atoms with Crippen LogP contribution in [0.3, 0.4) is 0 Å². The molecule has 0 radical (unpaired) electrons. The Kier molecular flexibility index (Phi) is 4.06. The summed E-state index contributed by atoms with van der Waals surface area (Å²) < 4.78 is 29.9. The molecule has 0 aliphatic carbocycles. The molecule has 22 heavy (non-hydrogen) atoms. The fourth-order valence-electron chi connectivity index (χ4n) is 2.20. The number of aryl methyl sites for hydroxylation is 4. The van der Waals surface area contributed by atoms with Gasteiger partial charge in [0.05, 0.1) is 0 Å². The number of benzene rings is 2. The van der Waals surface area contributed by atoms with Crippen LogP contribution in [0.2, 0.25) is 0 Å². The van der Waals surface area contributed by atoms with Crippen LogP contribution in [0, 0.1) is 27.7 Å². The molecule has 6 heteroatoms. The monoisotopic (exact) mass is 322 g/mol. The molecule has 0 spiro atoms. The van der Waals surface area contributed by atoms with Gasteiger partial charge in [-0.15, -0.1) is 0 Å². The molecule has 0 amide bonds. The van der Waals surface area contributed by atoms with Crippen molar-refractivity contribution >= 4 is 10.1 Å². The average molecular weight is 322 g/mol. The lowest BCUT2D eigenvalue weighted by Crippen LogP contribution is -2.10. The van der Waals surface area contributed by atoms with E-state index >= 15 is 0 Å². The first-order chi connectivity index (χ1) is 10.1. The molecule has 0 saturated heterocycles. The molecule has 2 aromatic rings. The summed E-state index contributed by atoms with van der Waals surface area (Å²) in [6.45, 7) is 6.57. The quantitative estimate of drug-likeness (QED) is 0.848. The molecule has 5 nitrogen and oxygen atoms in total. The van der Waals surface area contributed by atoms with Crippen molar-refractivity contribution in [2.45, 2.75) is 32.6 Å². The largest absolute Gasteiger partial charge is 0.507 e. The van der Waals surface area contributed by atoms with Crippen molar-refractivity contribution in [3.8, 4) is 17.2 Å². The summed E-state index contributed by atoms with van der Waals surface area (Å²) in [5.74, 6) is 0.313. The zero-order valence-electron chi connectivity index (χ0n) is 12.8. The van der Waals surface area contributed by atoms with Crippen LogP contribution in [0.15, 0.2) is 29.2 Å². The van der Waals surface area contributed by atoms with Gasteiger partial charge < -0.3 is 14.4 Å². The highest BCUT2D eigenvalue weighted by Gasteiger charge is 2.20. The first kappa shape index (κ1) is 16.2. The summed E-state index contributed by atoms with van der Waals surface area (Å²) in [5.41, 5.74) is 1.98. The summed E-state index contributed by atoms with van der Waals surface area (Å²) in [7, 11) is -4.01. The number of aromatic hydroxyl groups is 2. The lowest BCUT2D eigenvalue weighted by atomic mass is 10.1. The molecule has 0 unspecified atom stereocenters. The maximum atomic E-state index is 12.4. The van der Waals surface area contributed by atoms with Gasteiger partial charge in [0.1, 0.15) is 22.1 Å². The lowest BCUT2D eigenvalue weighted by Gasteiger charge is -2.12. The normalized spacial score (nSPS) is 11.5. The minimum atomic E-state index is -4.01. The third-order valence-corrected chi connectivity index (χ3v) is 4.65. The van der Waals surface area contributed by atoms with Gasteiger partial charge in [-0.3, -0.25) is 0 Å². The Bertz CT molecular complexity index is 792. The van der Waals surface area contributed by atoms with E-state index in [4.69, 9.17) is 4.18 Å². The van der Waals surface area contributed by atoms with E-state index in [1.807, 2.05) is 0 Å². The fraction of sp³-hybridized carbons (Fsp3) is 0.250. The zero-order valence-corrected chi connectivity index (χ0v) is 13.7. The van der Waals surface area contributed by atoms with Crippen LogP contribution < -0.4 is 4.18 Å². The van der Waals surface area contributed by atoms with E-state index in [1.54, 1.807) is 27.7 Å². The maximum absolute atomic E-state index is 12.4. The Balaban J connectivity index is 2.44. The van der Waals surface area contributed by atoms with Gasteiger partial charge in [-0.1, -0.05) is 0 Å². The predicted octanol–water partition coefficient (Wildman–Crippen LogP) is 3.10. The second-order valence-electron chi connectivity index (χ2n) is 5.35. The Hall–Kier alpha value is -2.21. The van der Waals surface area contributed by atoms with E-state index in [0.29, 0.717) is 22.3 Å². The molecule has 2 rings (SSSR count). The molecular formula is C16H18O5S. The second-order valence-corrected chi connectivity index (χ2v) is 6.90. The summed E-state index contributed by atoms with van der Waals surface area (Å²) in [6.07, 6.45) is 0. The first-order valence-corrected chi connectivity index (χ1v) is 8.07. The van der Waals surface area contributed by atoms with E-state index < -0.39 is 10.1 Å². The van der Waals surface area contributed by atoms with Crippen molar-refractivity contribution < 1.29 is 22.8 Å². The number of rotatable bonds is 3. The maximum Gasteiger partial charge on any atom is 0.339 e. The van der Waals surface area contributed by atoms with Crippen molar-refractivity contribution in [3.05, 3.63) is 46.5 Å². The minimum Gasteiger partial charge on any atom is -0.507 e. The number of hydrogen-bond acceptors (Lipinski definition) is 5. The van der Waals surface area contributed by atoms with Crippen molar-refractivity contribution in [1.29, 1.82) is 0 Å². The molecule has 0 saturated carbocycles. The zero-order chi connectivity index (χ0) is 16.7. The molecule has 2 N–H and O–H groups in total. The molecule has 0 bridgehead atoms. The molecule has 2 aromatic carbocycles. The molecule has 118 valence electrons. The van der Waals surface area contributed by atoms with Gasteiger partial charge in [0.2, 0.25) is 0 Å². The van der Waals surface area contributed by atoms with Gasteiger partial charge in [0.15, 0.2) is 0 Å². The Morgan fingerprint density at radius 3 is 1.55 bits per heavy atom. The van der Waals surface area contributed by atoms with Crippen LogP contribution >= 0.6 is 0 Å². The van der Waals surface area contributed by atoms with Gasteiger partial charge in [-0.25, -0.2) is 0 Å². The van der Waals surface area contributed by atoms with Crippen molar-refractivity contribution in [2.75, 3.05) is 0 Å². The topological polar surface area (TPSA) is 83.8 Å². The highest BCUT2D eigenvalue weighted by Crippen LogP contribution is 2.30. The predicted molar refractivity (Wildman–Crippen MR) is 83.0 cm³/mol. The number of phenols is 2. The van der Waals surface area contributed by atoms with Gasteiger partial charge in [0, 0.05) is 0 Å². The van der Waals surface area contributed by atoms with Crippen molar-refractivity contribution in [2.24, 2.45) is 0 Å². The number of hydrogen-bond donors (Lipinski definition) is 2. The lowest BCUT2D eigenvalue weighted by molar-refractivity contribution is 0.459. The molecule has 0 fully saturated rings. The molecule has 0 aliphatic heterocycles. The van der Waals surface area contributed by atoms with Crippen LogP contribution in [0.5, 0.6) is 17.2 Å². The van der Waals surface area contributed by atoms with Gasteiger partial charge >= 0.3 is 10.1 Å². The standard InChI is InChI=1S/C16H18O5S/c1-9-5-13(6-10(2)15(9)17)21-22(19,20)14-7-11(3)16(18)12(4)8-14/h5-8,17-18H,1-4H3. The third kappa shape index (κ3) is 3.01. The molecular weight excluding hydrogens is 304 g/mol. The summed E-state index contributed by atoms with van der Waals surface area (Å²) in [4.78, 5) is -0.0244. The average Bonchev–Trinajstić information content (AvgIpc) is 2.41. The summed E-state index contributed by atoms with van der Waals surface area (Å²) >= 11 is 0. The fourth-order valence-corrected chi connectivity index (χ4v) is 3.29. The van der Waals surface area contributed by atoms with Crippen LogP contribution in [-0.4, -0.2) is 18.6 Å². The SMILES string of the molecule is Cc1cc(OS(=O)(=O)c2cc(C)c(O)c(C)c2)cc(C)c1O. The molecule has 0 aliphatic rings. The van der Waals surface area contributed by atoms with Crippen LogP contribution in [0.1, 0.15) is 22.3 Å². The van der Waals surface area contributed by atoms with E-state index in [0.717, 1.165) is 0 Å². The smallest absolute Gasteiger partial charge is 0.339 e. The van der Waals surface area contributed by atoms with Crippen molar-refractivity contribution in [3.63, 3.8) is 0 Å². The highest BCUT2D eigenvalue weighted by molar-refractivity contribution is 7.87. The van der Waals surface area contributed by atoms with Gasteiger partial charge in [-0.2, -0.15) is 8.42 Å². The highest BCUT2D eigenvalue weighted by atomic mass is 32.2. The first-order valence-electron chi connectivity index (χ1n) is 6.66. The Morgan fingerprint density at radius 1 is 0.773 bits per heavy atom. The van der Waals surface area contributed by atoms with Crippen LogP contribution in [0.25, 0.3) is 0 Å². The van der Waals surface area contributed by atoms with E-state index in [1.165, 1.54) is 24.3 Å². The minimum absolute atomic E-state index is 0.0244. The Morgan fingerprint density at radius 2 is 1.14 bits per heavy atom. The molecule has 0 aromatic heterocycles. The van der Waals surface area contributed by atoms with Crippen molar-refractivity contribution in [1.82, 2.24) is 0 Å². The Labute approximate surface area is 129 Å². The third-order valence-electron chi connectivity index (χ3n) is 3.42. The van der Waals surface area contributed by atoms with E-state index in [9.17, 15) is 18.6 Å². The summed E-state index contributed by atoms with van der Waals surface area (Å²) in [5, 5.41) is 19.4. The van der Waals surface area contributed by atoms with E-state index in [2.05, 4.69) is 0 Å².